The number of nitriles is 1. The number of benzene rings is 2. The van der Waals surface area contributed by atoms with E-state index in [1.54, 1.807) is 24.3 Å². The molecular weight excluding hydrogens is 268 g/mol. The Labute approximate surface area is 120 Å². The first-order valence-electron chi connectivity index (χ1n) is 6.24. The number of rotatable bonds is 2. The molecule has 3 rings (SSSR count). The second-order valence-corrected chi connectivity index (χ2v) is 4.52. The van der Waals surface area contributed by atoms with E-state index in [0.717, 1.165) is 0 Å². The minimum absolute atomic E-state index is 0.0116. The summed E-state index contributed by atoms with van der Waals surface area (Å²) in [6, 6.07) is 13.2. The number of ether oxygens (including phenoxy) is 1. The first-order valence-corrected chi connectivity index (χ1v) is 6.24. The van der Waals surface area contributed by atoms with Gasteiger partial charge in [0.05, 0.1) is 24.3 Å². The first kappa shape index (κ1) is 12.9. The molecule has 0 unspecified atom stereocenters. The van der Waals surface area contributed by atoms with Crippen LogP contribution in [0.1, 0.15) is 21.5 Å². The summed E-state index contributed by atoms with van der Waals surface area (Å²) in [6.45, 7) is 0. The Morgan fingerprint density at radius 1 is 1.19 bits per heavy atom. The van der Waals surface area contributed by atoms with E-state index in [1.165, 1.54) is 25.3 Å². The van der Waals surface area contributed by atoms with Crippen molar-refractivity contribution in [1.29, 1.82) is 5.26 Å². The van der Waals surface area contributed by atoms with Crippen LogP contribution in [-0.4, -0.2) is 23.3 Å². The molecule has 5 heteroatoms. The van der Waals surface area contributed by atoms with Crippen molar-refractivity contribution in [3.63, 3.8) is 0 Å². The van der Waals surface area contributed by atoms with Crippen molar-refractivity contribution in [1.82, 2.24) is 0 Å². The van der Waals surface area contributed by atoms with Crippen molar-refractivity contribution in [2.24, 2.45) is 0 Å². The van der Waals surface area contributed by atoms with Crippen LogP contribution in [-0.2, 0) is 0 Å². The zero-order chi connectivity index (χ0) is 15.0. The number of fused-ring (bicyclic) bond motifs is 1. The number of hydrogen-bond acceptors (Lipinski definition) is 4. The van der Waals surface area contributed by atoms with E-state index in [9.17, 15) is 10.0 Å². The van der Waals surface area contributed by atoms with Gasteiger partial charge in [0.1, 0.15) is 11.3 Å². The molecule has 0 saturated heterocycles. The summed E-state index contributed by atoms with van der Waals surface area (Å²) >= 11 is 0. The van der Waals surface area contributed by atoms with Gasteiger partial charge in [-0.1, -0.05) is 12.1 Å². The standard InChI is InChI=1S/C16H10N2O3/c1-21-14-5-3-2-4-11(14)15-16(19)12-8-10(9-17)6-7-13(12)18(15)20/h2-8H,1H3. The topological polar surface area (TPSA) is 76.2 Å². The fourth-order valence-corrected chi connectivity index (χ4v) is 2.38. The minimum atomic E-state index is -0.401. The third kappa shape index (κ3) is 1.85. The van der Waals surface area contributed by atoms with Crippen molar-refractivity contribution in [2.45, 2.75) is 0 Å². The van der Waals surface area contributed by atoms with Gasteiger partial charge in [-0.05, 0) is 24.3 Å². The summed E-state index contributed by atoms with van der Waals surface area (Å²) in [6.07, 6.45) is 0. The highest BCUT2D eigenvalue weighted by Gasteiger charge is 2.38. The molecular formula is C16H10N2O3. The Kier molecular flexibility index (Phi) is 2.92. The summed E-state index contributed by atoms with van der Waals surface area (Å²) in [7, 11) is 1.48. The fourth-order valence-electron chi connectivity index (χ4n) is 2.38. The molecule has 0 radical (unpaired) electrons. The number of ketones is 1. The highest BCUT2D eigenvalue weighted by atomic mass is 16.5. The SMILES string of the molecule is COc1ccccc1C1=[N+]([O-])c2ccc(C#N)cc2C1=O. The molecule has 21 heavy (non-hydrogen) atoms. The molecule has 2 aromatic rings. The van der Waals surface area contributed by atoms with E-state index in [4.69, 9.17) is 10.00 Å². The minimum Gasteiger partial charge on any atom is -0.618 e. The lowest BCUT2D eigenvalue weighted by Gasteiger charge is -2.06. The van der Waals surface area contributed by atoms with Gasteiger partial charge in [-0.15, -0.1) is 0 Å². The van der Waals surface area contributed by atoms with Gasteiger partial charge in [-0.3, -0.25) is 4.79 Å². The zero-order valence-corrected chi connectivity index (χ0v) is 11.2. The van der Waals surface area contributed by atoms with Gasteiger partial charge in [0.2, 0.25) is 5.69 Å². The molecule has 5 nitrogen and oxygen atoms in total. The third-order valence-electron chi connectivity index (χ3n) is 3.37. The lowest BCUT2D eigenvalue weighted by atomic mass is 10.0. The fraction of sp³-hybridized carbons (Fsp3) is 0.0625. The van der Waals surface area contributed by atoms with Gasteiger partial charge in [-0.25, -0.2) is 0 Å². The maximum atomic E-state index is 12.5. The Morgan fingerprint density at radius 3 is 2.67 bits per heavy atom. The monoisotopic (exact) mass is 278 g/mol. The molecule has 102 valence electrons. The van der Waals surface area contributed by atoms with Crippen LogP contribution in [0.15, 0.2) is 42.5 Å². The van der Waals surface area contributed by atoms with E-state index in [-0.39, 0.29) is 17.0 Å². The van der Waals surface area contributed by atoms with Crippen LogP contribution in [0.25, 0.3) is 0 Å². The van der Waals surface area contributed by atoms with Gasteiger partial charge >= 0.3 is 0 Å². The molecule has 0 bridgehead atoms. The summed E-state index contributed by atoms with van der Waals surface area (Å²) in [5, 5.41) is 21.3. The van der Waals surface area contributed by atoms with Gasteiger partial charge in [-0.2, -0.15) is 10.0 Å². The van der Waals surface area contributed by atoms with Gasteiger partial charge in [0.25, 0.3) is 11.5 Å². The average Bonchev–Trinajstić information content (AvgIpc) is 2.78. The molecule has 0 aliphatic carbocycles. The summed E-state index contributed by atoms with van der Waals surface area (Å²) in [5.41, 5.74) is 1.29. The Bertz CT molecular complexity index is 832. The van der Waals surface area contributed by atoms with Crippen molar-refractivity contribution in [3.8, 4) is 11.8 Å². The van der Waals surface area contributed by atoms with Crippen LogP contribution in [0.4, 0.5) is 5.69 Å². The predicted molar refractivity (Wildman–Crippen MR) is 75.9 cm³/mol. The normalized spacial score (nSPS) is 13.0. The van der Waals surface area contributed by atoms with Crippen LogP contribution in [0.2, 0.25) is 0 Å². The van der Waals surface area contributed by atoms with Crippen molar-refractivity contribution in [2.75, 3.05) is 7.11 Å². The first-order chi connectivity index (χ1) is 10.2. The highest BCUT2D eigenvalue weighted by molar-refractivity contribution is 6.52. The molecule has 0 amide bonds. The van der Waals surface area contributed by atoms with E-state index in [2.05, 4.69) is 0 Å². The molecule has 1 heterocycles. The Balaban J connectivity index is 2.21. The molecule has 0 aromatic heterocycles. The van der Waals surface area contributed by atoms with Crippen LogP contribution in [0.5, 0.6) is 5.75 Å². The highest BCUT2D eigenvalue weighted by Crippen LogP contribution is 2.31. The molecule has 0 fully saturated rings. The van der Waals surface area contributed by atoms with E-state index >= 15 is 0 Å². The van der Waals surface area contributed by atoms with Crippen LogP contribution in [0.3, 0.4) is 0 Å². The second-order valence-electron chi connectivity index (χ2n) is 4.52. The van der Waals surface area contributed by atoms with Crippen molar-refractivity contribution >= 4 is 17.2 Å². The number of para-hydroxylation sites is 1. The number of carbonyl (C=O) groups excluding carboxylic acids is 1. The van der Waals surface area contributed by atoms with Gasteiger partial charge in [0.15, 0.2) is 0 Å². The maximum Gasteiger partial charge on any atom is 0.276 e. The Hall–Kier alpha value is -3.13. The van der Waals surface area contributed by atoms with E-state index in [0.29, 0.717) is 21.6 Å². The lowest BCUT2D eigenvalue weighted by Crippen LogP contribution is -2.17. The van der Waals surface area contributed by atoms with Crippen LogP contribution >= 0.6 is 0 Å². The summed E-state index contributed by atoms with van der Waals surface area (Å²) in [5.74, 6) is 0.0524. The molecule has 0 N–H and O–H groups in total. The summed E-state index contributed by atoms with van der Waals surface area (Å²) < 4.78 is 5.80. The predicted octanol–water partition coefficient (Wildman–Crippen LogP) is 2.39. The number of hydrogen-bond donors (Lipinski definition) is 0. The number of nitrogens with zero attached hydrogens (tertiary/aromatic N) is 2. The number of methoxy groups -OCH3 is 1. The molecule has 1 aliphatic rings. The molecule has 1 aliphatic heterocycles. The zero-order valence-electron chi connectivity index (χ0n) is 11.2. The smallest absolute Gasteiger partial charge is 0.276 e. The second kappa shape index (κ2) is 4.76. The molecule has 0 saturated carbocycles. The lowest BCUT2D eigenvalue weighted by molar-refractivity contribution is -0.355. The van der Waals surface area contributed by atoms with Crippen LogP contribution < -0.4 is 4.74 Å². The average molecular weight is 278 g/mol. The number of Topliss-reactive ketones (excluding diaryl/α,β-unsaturated/α-hetero) is 1. The summed E-state index contributed by atoms with van der Waals surface area (Å²) in [4.78, 5) is 12.5. The Morgan fingerprint density at radius 2 is 1.95 bits per heavy atom. The molecule has 0 atom stereocenters. The van der Waals surface area contributed by atoms with Gasteiger partial charge in [0, 0.05) is 6.07 Å². The van der Waals surface area contributed by atoms with E-state index < -0.39 is 5.78 Å². The molecule has 2 aromatic carbocycles. The number of carbonyl (C=O) groups is 1. The van der Waals surface area contributed by atoms with Gasteiger partial charge < -0.3 is 9.94 Å². The van der Waals surface area contributed by atoms with Crippen molar-refractivity contribution < 1.29 is 14.3 Å². The largest absolute Gasteiger partial charge is 0.618 e. The van der Waals surface area contributed by atoms with Crippen molar-refractivity contribution in [3.05, 3.63) is 64.4 Å². The van der Waals surface area contributed by atoms with Crippen LogP contribution in [0, 0.1) is 16.5 Å². The van der Waals surface area contributed by atoms with E-state index in [1.807, 2.05) is 6.07 Å². The molecule has 0 spiro atoms. The third-order valence-corrected chi connectivity index (χ3v) is 3.37. The maximum absolute atomic E-state index is 12.5. The quantitative estimate of drug-likeness (QED) is 0.624.